The summed E-state index contributed by atoms with van der Waals surface area (Å²) in [4.78, 5) is 16.4. The van der Waals surface area contributed by atoms with Crippen molar-refractivity contribution < 1.29 is 4.79 Å². The van der Waals surface area contributed by atoms with Gasteiger partial charge in [0, 0.05) is 17.3 Å². The van der Waals surface area contributed by atoms with Crippen LogP contribution in [-0.4, -0.2) is 17.4 Å². The average molecular weight is 377 g/mol. The van der Waals surface area contributed by atoms with E-state index in [0.29, 0.717) is 22.8 Å². The molecule has 1 amide bonds. The number of halogens is 1. The van der Waals surface area contributed by atoms with Gasteiger partial charge in [0.15, 0.2) is 0 Å². The van der Waals surface area contributed by atoms with Gasteiger partial charge in [0.2, 0.25) is 0 Å². The number of hydrogen-bond donors (Lipinski definition) is 2. The number of carbonyl (C=O) groups excluding carboxylic acids is 1. The SMILES string of the molecule is N#Cc1cccc(Nc2ccc(C(=O)NCCc3ccc(Cl)cc3)nc2)c1. The van der Waals surface area contributed by atoms with E-state index in [-0.39, 0.29) is 5.91 Å². The number of nitriles is 1. The van der Waals surface area contributed by atoms with Gasteiger partial charge in [-0.25, -0.2) is 4.98 Å². The highest BCUT2D eigenvalue weighted by Gasteiger charge is 2.07. The van der Waals surface area contributed by atoms with Gasteiger partial charge in [0.05, 0.1) is 23.5 Å². The van der Waals surface area contributed by atoms with Gasteiger partial charge >= 0.3 is 0 Å². The number of rotatable bonds is 6. The van der Waals surface area contributed by atoms with E-state index in [1.165, 1.54) is 0 Å². The third kappa shape index (κ3) is 5.30. The molecule has 134 valence electrons. The van der Waals surface area contributed by atoms with Crippen LogP contribution in [0.15, 0.2) is 66.9 Å². The van der Waals surface area contributed by atoms with E-state index < -0.39 is 0 Å². The molecule has 1 aromatic heterocycles. The molecule has 0 saturated carbocycles. The predicted octanol–water partition coefficient (Wildman–Crippen LogP) is 4.32. The number of nitrogens with one attached hydrogen (secondary N) is 2. The Hall–Kier alpha value is -3.36. The highest BCUT2D eigenvalue weighted by molar-refractivity contribution is 6.30. The maximum Gasteiger partial charge on any atom is 0.269 e. The van der Waals surface area contributed by atoms with Crippen LogP contribution in [0.5, 0.6) is 0 Å². The second-order valence-corrected chi connectivity index (χ2v) is 6.32. The molecule has 0 fully saturated rings. The van der Waals surface area contributed by atoms with Crippen LogP contribution in [-0.2, 0) is 6.42 Å². The molecule has 0 spiro atoms. The van der Waals surface area contributed by atoms with E-state index in [1.807, 2.05) is 30.3 Å². The Balaban J connectivity index is 1.53. The lowest BCUT2D eigenvalue weighted by atomic mass is 10.1. The van der Waals surface area contributed by atoms with Gasteiger partial charge in [-0.2, -0.15) is 5.26 Å². The van der Waals surface area contributed by atoms with Crippen LogP contribution in [0.3, 0.4) is 0 Å². The average Bonchev–Trinajstić information content (AvgIpc) is 2.70. The molecule has 0 saturated heterocycles. The van der Waals surface area contributed by atoms with Gasteiger partial charge in [0.25, 0.3) is 5.91 Å². The summed E-state index contributed by atoms with van der Waals surface area (Å²) in [5, 5.41) is 15.6. The molecule has 1 heterocycles. The molecule has 2 N–H and O–H groups in total. The third-order valence-electron chi connectivity index (χ3n) is 3.89. The molecule has 0 aliphatic rings. The van der Waals surface area contributed by atoms with Crippen molar-refractivity contribution in [2.75, 3.05) is 11.9 Å². The molecule has 27 heavy (non-hydrogen) atoms. The Labute approximate surface area is 162 Å². The van der Waals surface area contributed by atoms with Crippen molar-refractivity contribution in [2.24, 2.45) is 0 Å². The lowest BCUT2D eigenvalue weighted by Gasteiger charge is -2.08. The fourth-order valence-electron chi connectivity index (χ4n) is 2.50. The van der Waals surface area contributed by atoms with Gasteiger partial charge in [-0.15, -0.1) is 0 Å². The van der Waals surface area contributed by atoms with Crippen molar-refractivity contribution in [2.45, 2.75) is 6.42 Å². The summed E-state index contributed by atoms with van der Waals surface area (Å²) in [7, 11) is 0. The van der Waals surface area contributed by atoms with Crippen LogP contribution < -0.4 is 10.6 Å². The fraction of sp³-hybridized carbons (Fsp3) is 0.0952. The van der Waals surface area contributed by atoms with Crippen LogP contribution in [0.2, 0.25) is 5.02 Å². The molecule has 0 unspecified atom stereocenters. The van der Waals surface area contributed by atoms with Crippen LogP contribution in [0.4, 0.5) is 11.4 Å². The maximum atomic E-state index is 12.2. The number of pyridine rings is 1. The Morgan fingerprint density at radius 1 is 1.07 bits per heavy atom. The van der Waals surface area contributed by atoms with E-state index >= 15 is 0 Å². The third-order valence-corrected chi connectivity index (χ3v) is 4.14. The second kappa shape index (κ2) is 8.84. The molecule has 3 rings (SSSR count). The zero-order valence-electron chi connectivity index (χ0n) is 14.4. The molecule has 6 heteroatoms. The first-order chi connectivity index (χ1) is 13.1. The molecule has 0 atom stereocenters. The summed E-state index contributed by atoms with van der Waals surface area (Å²) >= 11 is 5.86. The van der Waals surface area contributed by atoms with Crippen LogP contribution in [0.25, 0.3) is 0 Å². The monoisotopic (exact) mass is 376 g/mol. The Kier molecular flexibility index (Phi) is 6.03. The zero-order chi connectivity index (χ0) is 19.1. The minimum Gasteiger partial charge on any atom is -0.354 e. The predicted molar refractivity (Wildman–Crippen MR) is 106 cm³/mol. The highest BCUT2D eigenvalue weighted by Crippen LogP contribution is 2.17. The van der Waals surface area contributed by atoms with Crippen LogP contribution in [0.1, 0.15) is 21.6 Å². The molecular formula is C21H17ClN4O. The van der Waals surface area contributed by atoms with E-state index in [9.17, 15) is 4.79 Å². The first-order valence-corrected chi connectivity index (χ1v) is 8.78. The summed E-state index contributed by atoms with van der Waals surface area (Å²) in [6, 6.07) is 20.2. The minimum absolute atomic E-state index is 0.220. The van der Waals surface area contributed by atoms with Crippen molar-refractivity contribution in [3.05, 3.63) is 88.7 Å². The minimum atomic E-state index is -0.220. The molecule has 0 bridgehead atoms. The lowest BCUT2D eigenvalue weighted by Crippen LogP contribution is -2.26. The van der Waals surface area contributed by atoms with E-state index in [0.717, 1.165) is 23.4 Å². The number of amides is 1. The largest absolute Gasteiger partial charge is 0.354 e. The molecule has 2 aromatic carbocycles. The van der Waals surface area contributed by atoms with Gasteiger partial charge in [-0.3, -0.25) is 4.79 Å². The van der Waals surface area contributed by atoms with Crippen molar-refractivity contribution >= 4 is 28.9 Å². The van der Waals surface area contributed by atoms with Gasteiger partial charge in [-0.05, 0) is 54.4 Å². The van der Waals surface area contributed by atoms with Crippen molar-refractivity contribution in [1.29, 1.82) is 5.26 Å². The standard InChI is InChI=1S/C21H17ClN4O/c22-17-6-4-15(5-7-17)10-11-24-21(27)20-9-8-19(14-25-20)26-18-3-1-2-16(12-18)13-23/h1-9,12,14,26H,10-11H2,(H,24,27). The van der Waals surface area contributed by atoms with Gasteiger partial charge < -0.3 is 10.6 Å². The Bertz CT molecular complexity index is 963. The van der Waals surface area contributed by atoms with E-state index in [1.54, 1.807) is 36.5 Å². The quantitative estimate of drug-likeness (QED) is 0.671. The fourth-order valence-corrected chi connectivity index (χ4v) is 2.62. The topological polar surface area (TPSA) is 77.8 Å². The molecule has 0 aliphatic carbocycles. The van der Waals surface area contributed by atoms with Crippen LogP contribution in [0, 0.1) is 11.3 Å². The summed E-state index contributed by atoms with van der Waals surface area (Å²) in [5.41, 5.74) is 3.55. The highest BCUT2D eigenvalue weighted by atomic mass is 35.5. The van der Waals surface area contributed by atoms with Crippen LogP contribution >= 0.6 is 11.6 Å². The number of benzene rings is 2. The number of hydrogen-bond acceptors (Lipinski definition) is 4. The smallest absolute Gasteiger partial charge is 0.269 e. The number of carbonyl (C=O) groups is 1. The Morgan fingerprint density at radius 2 is 1.89 bits per heavy atom. The summed E-state index contributed by atoms with van der Waals surface area (Å²) in [6.07, 6.45) is 2.31. The number of anilines is 2. The molecular weight excluding hydrogens is 360 g/mol. The summed E-state index contributed by atoms with van der Waals surface area (Å²) in [5.74, 6) is -0.220. The molecule has 0 aliphatic heterocycles. The van der Waals surface area contributed by atoms with E-state index in [4.69, 9.17) is 16.9 Å². The molecule has 0 radical (unpaired) electrons. The first-order valence-electron chi connectivity index (χ1n) is 8.40. The van der Waals surface area contributed by atoms with Gasteiger partial charge in [0.1, 0.15) is 5.69 Å². The Morgan fingerprint density at radius 3 is 2.59 bits per heavy atom. The zero-order valence-corrected chi connectivity index (χ0v) is 15.2. The second-order valence-electron chi connectivity index (χ2n) is 5.88. The molecule has 5 nitrogen and oxygen atoms in total. The first kappa shape index (κ1) is 18.4. The van der Waals surface area contributed by atoms with Crippen molar-refractivity contribution in [3.63, 3.8) is 0 Å². The van der Waals surface area contributed by atoms with Crippen molar-refractivity contribution in [1.82, 2.24) is 10.3 Å². The number of nitrogens with zero attached hydrogens (tertiary/aromatic N) is 2. The summed E-state index contributed by atoms with van der Waals surface area (Å²) < 4.78 is 0. The van der Waals surface area contributed by atoms with Gasteiger partial charge in [-0.1, -0.05) is 29.8 Å². The summed E-state index contributed by atoms with van der Waals surface area (Å²) in [6.45, 7) is 0.517. The lowest BCUT2D eigenvalue weighted by molar-refractivity contribution is 0.0949. The van der Waals surface area contributed by atoms with E-state index in [2.05, 4.69) is 21.7 Å². The molecule has 3 aromatic rings. The maximum absolute atomic E-state index is 12.2. The normalized spacial score (nSPS) is 10.1. The van der Waals surface area contributed by atoms with Crippen molar-refractivity contribution in [3.8, 4) is 6.07 Å². The number of aromatic nitrogens is 1.